The summed E-state index contributed by atoms with van der Waals surface area (Å²) >= 11 is 6.45. The van der Waals surface area contributed by atoms with Crippen molar-refractivity contribution in [2.75, 3.05) is 51.5 Å². The summed E-state index contributed by atoms with van der Waals surface area (Å²) in [4.78, 5) is 28.7. The summed E-state index contributed by atoms with van der Waals surface area (Å²) < 4.78 is 34.7. The number of carbonyl (C=O) groups is 2. The number of aryl methyl sites for hydroxylation is 1. The fourth-order valence-corrected chi connectivity index (χ4v) is 9.95. The molecule has 1 spiro atoms. The third kappa shape index (κ3) is 7.98. The second-order valence-corrected chi connectivity index (χ2v) is 16.9. The fraction of sp³-hybridized carbons (Fsp3) is 0.553. The van der Waals surface area contributed by atoms with Crippen molar-refractivity contribution in [3.05, 3.63) is 70.3 Å². The lowest BCUT2D eigenvalue weighted by atomic mass is 9.68. The number of rotatable bonds is 7. The van der Waals surface area contributed by atoms with Crippen LogP contribution >= 0.6 is 11.6 Å². The van der Waals surface area contributed by atoms with Crippen LogP contribution in [0, 0.1) is 11.8 Å². The Morgan fingerprint density at radius 1 is 1.22 bits per heavy atom. The van der Waals surface area contributed by atoms with Crippen molar-refractivity contribution in [2.45, 2.75) is 75.1 Å². The predicted octanol–water partition coefficient (Wildman–Crippen LogP) is 5.48. The Balaban J connectivity index is 1.36. The first-order valence-corrected chi connectivity index (χ1v) is 19.8. The first-order chi connectivity index (χ1) is 23.6. The van der Waals surface area contributed by atoms with Crippen LogP contribution in [-0.4, -0.2) is 79.8 Å². The Morgan fingerprint density at radius 3 is 2.86 bits per heavy atom. The highest BCUT2D eigenvalue weighted by molar-refractivity contribution is 7.99. The van der Waals surface area contributed by atoms with Crippen molar-refractivity contribution in [1.29, 1.82) is 0 Å². The van der Waals surface area contributed by atoms with E-state index in [0.717, 1.165) is 61.7 Å². The van der Waals surface area contributed by atoms with Crippen LogP contribution in [0.5, 0.6) is 5.75 Å². The van der Waals surface area contributed by atoms with Gasteiger partial charge in [0.05, 0.1) is 34.7 Å². The van der Waals surface area contributed by atoms with Crippen molar-refractivity contribution in [2.24, 2.45) is 11.8 Å². The number of hydrogen-bond donors (Lipinski definition) is 2. The van der Waals surface area contributed by atoms with Crippen molar-refractivity contribution in [3.63, 3.8) is 0 Å². The molecule has 1 unspecified atom stereocenters. The number of anilines is 1. The molecule has 0 aromatic heterocycles. The lowest BCUT2D eigenvalue weighted by molar-refractivity contribution is -0.129. The summed E-state index contributed by atoms with van der Waals surface area (Å²) in [6.07, 6.45) is 10.8. The van der Waals surface area contributed by atoms with Gasteiger partial charge in [-0.2, -0.15) is 0 Å². The van der Waals surface area contributed by atoms with Gasteiger partial charge in [0.25, 0.3) is 5.91 Å². The van der Waals surface area contributed by atoms with E-state index in [-0.39, 0.29) is 41.1 Å². The quantitative estimate of drug-likeness (QED) is 0.223. The minimum atomic E-state index is -2.94. The summed E-state index contributed by atoms with van der Waals surface area (Å²) in [5, 5.41) is 3.30. The zero-order chi connectivity index (χ0) is 34.6. The molecule has 266 valence electrons. The molecule has 2 bridgehead atoms. The molecular weight excluding hydrogens is 662 g/mol. The van der Waals surface area contributed by atoms with E-state index in [1.165, 1.54) is 11.1 Å². The molecule has 0 radical (unpaired) electrons. The largest absolute Gasteiger partial charge is 0.490 e. The Hall–Kier alpha value is -3.05. The van der Waals surface area contributed by atoms with Crippen LogP contribution in [0.3, 0.4) is 0 Å². The van der Waals surface area contributed by atoms with Crippen LogP contribution in [0.15, 0.2) is 48.6 Å². The Kier molecular flexibility index (Phi) is 11.3. The number of hydrogen-bond acceptors (Lipinski definition) is 7. The molecule has 9 nitrogen and oxygen atoms in total. The van der Waals surface area contributed by atoms with Crippen LogP contribution in [0.4, 0.5) is 5.69 Å². The molecule has 2 aromatic carbocycles. The van der Waals surface area contributed by atoms with E-state index in [1.807, 2.05) is 25.1 Å². The molecule has 2 amide bonds. The number of methoxy groups -OCH3 is 1. The fourth-order valence-electron chi connectivity index (χ4n) is 8.11. The van der Waals surface area contributed by atoms with Gasteiger partial charge >= 0.3 is 0 Å². The highest BCUT2D eigenvalue weighted by Crippen LogP contribution is 2.47. The van der Waals surface area contributed by atoms with Crippen molar-refractivity contribution >= 4 is 44.7 Å². The molecule has 2 aliphatic heterocycles. The summed E-state index contributed by atoms with van der Waals surface area (Å²) in [6.45, 7) is 4.79. The van der Waals surface area contributed by atoms with Gasteiger partial charge in [0, 0.05) is 48.0 Å². The molecule has 1 fully saturated rings. The van der Waals surface area contributed by atoms with Gasteiger partial charge in [0.1, 0.15) is 12.4 Å². The minimum Gasteiger partial charge on any atom is -0.490 e. The van der Waals surface area contributed by atoms with Crippen LogP contribution in [-0.2, 0) is 35.8 Å². The van der Waals surface area contributed by atoms with E-state index in [9.17, 15) is 13.8 Å². The van der Waals surface area contributed by atoms with E-state index in [0.29, 0.717) is 50.5 Å². The molecule has 6 rings (SSSR count). The third-order valence-corrected chi connectivity index (χ3v) is 13.3. The van der Waals surface area contributed by atoms with Crippen LogP contribution < -0.4 is 19.7 Å². The molecule has 49 heavy (non-hydrogen) atoms. The maximum absolute atomic E-state index is 13.8. The third-order valence-electron chi connectivity index (χ3n) is 10.9. The monoisotopic (exact) mass is 711 g/mol. The molecule has 2 heterocycles. The number of halogens is 1. The van der Waals surface area contributed by atoms with Gasteiger partial charge in [-0.25, -0.2) is 4.21 Å². The Labute approximate surface area is 296 Å². The van der Waals surface area contributed by atoms with Gasteiger partial charge in [-0.3, -0.25) is 14.3 Å². The first-order valence-electron chi connectivity index (χ1n) is 17.6. The average molecular weight is 712 g/mol. The van der Waals surface area contributed by atoms with Crippen LogP contribution in [0.1, 0.15) is 73.4 Å². The minimum absolute atomic E-state index is 0.0372. The molecule has 11 heteroatoms. The summed E-state index contributed by atoms with van der Waals surface area (Å²) in [5.74, 6) is 4.69. The van der Waals surface area contributed by atoms with E-state index in [2.05, 4.69) is 45.1 Å². The number of benzene rings is 2. The number of carbonyl (C=O) groups excluding carboxylic acids is 2. The van der Waals surface area contributed by atoms with Crippen LogP contribution in [0.25, 0.3) is 0 Å². The lowest BCUT2D eigenvalue weighted by Gasteiger charge is -2.46. The number of fused-ring (bicyclic) bond motifs is 4. The van der Waals surface area contributed by atoms with E-state index in [4.69, 9.17) is 25.8 Å². The number of ether oxygens (including phenoxy) is 3. The molecule has 0 saturated heterocycles. The van der Waals surface area contributed by atoms with Crippen molar-refractivity contribution in [3.8, 4) is 5.75 Å². The molecule has 2 N–H and O–H groups in total. The molecule has 4 aliphatic rings. The molecule has 6 atom stereocenters. The van der Waals surface area contributed by atoms with E-state index >= 15 is 0 Å². The first kappa shape index (κ1) is 35.8. The van der Waals surface area contributed by atoms with Gasteiger partial charge in [-0.05, 0) is 111 Å². The maximum atomic E-state index is 13.8. The number of allylic oxidation sites excluding steroid dienone is 1. The topological polar surface area (TPSA) is 106 Å². The summed E-state index contributed by atoms with van der Waals surface area (Å²) in [6, 6.07) is 11.8. The number of nitrogens with one attached hydrogen (secondary N) is 2. The van der Waals surface area contributed by atoms with Crippen LogP contribution in [0.2, 0.25) is 5.02 Å². The normalized spacial score (nSPS) is 30.5. The van der Waals surface area contributed by atoms with Crippen molar-refractivity contribution in [1.82, 2.24) is 10.0 Å². The molecule has 1 saturated carbocycles. The SMILES string of the molecule is C=S1(=O)NC(=O)c2ccc3c(c2)N(C[C@@H]2CC[C@H]2[C@@H](OCC(=O)NCCOC)/C=C/CC[C@H]1CC)C[C@@]1(CCCc2cc(Cl)ccc21)CO3. The summed E-state index contributed by atoms with van der Waals surface area (Å²) in [7, 11) is -1.33. The smallest absolute Gasteiger partial charge is 0.262 e. The maximum Gasteiger partial charge on any atom is 0.262 e. The zero-order valence-electron chi connectivity index (χ0n) is 28.7. The summed E-state index contributed by atoms with van der Waals surface area (Å²) in [5.41, 5.74) is 3.57. The van der Waals surface area contributed by atoms with Gasteiger partial charge in [0.15, 0.2) is 0 Å². The van der Waals surface area contributed by atoms with Crippen molar-refractivity contribution < 1.29 is 28.0 Å². The lowest BCUT2D eigenvalue weighted by Crippen LogP contribution is -2.50. The molecular formula is C38H50ClN3O6S. The molecule has 2 aromatic rings. The second-order valence-electron chi connectivity index (χ2n) is 14.1. The number of nitrogens with zero attached hydrogens (tertiary/aromatic N) is 1. The second kappa shape index (κ2) is 15.5. The highest BCUT2D eigenvalue weighted by atomic mass is 35.5. The Bertz CT molecular complexity index is 1660. The standard InChI is InChI=1S/C38H50ClN3O6S/c1-4-30-9-5-6-10-34(47-23-36(43)40-18-19-46-2)31-14-11-28(31)22-42-24-38(17-7-8-26-20-29(39)13-15-32(26)38)25-48-35-16-12-27(21-33(35)42)37(44)41-49(30,3)45/h6,10,12-13,15-16,20-21,28,30-31,34H,3-5,7-9,11,14,17-19,22-25H2,1-2H3,(H,40,43)(H,41,44,45)/b10-6+/t28-,30+,31+,34-,38-,49?/m0/s1. The van der Waals surface area contributed by atoms with Gasteiger partial charge in [-0.1, -0.05) is 36.7 Å². The average Bonchev–Trinajstić information content (AvgIpc) is 3.21. The zero-order valence-corrected chi connectivity index (χ0v) is 30.3. The van der Waals surface area contributed by atoms with Gasteiger partial charge in [0.2, 0.25) is 5.91 Å². The molecule has 2 aliphatic carbocycles. The van der Waals surface area contributed by atoms with Gasteiger partial charge in [-0.15, -0.1) is 0 Å². The number of amides is 2. The van der Waals surface area contributed by atoms with E-state index in [1.54, 1.807) is 13.2 Å². The highest BCUT2D eigenvalue weighted by Gasteiger charge is 2.44. The van der Waals surface area contributed by atoms with Gasteiger partial charge < -0.3 is 24.4 Å². The Morgan fingerprint density at radius 2 is 2.08 bits per heavy atom. The van der Waals surface area contributed by atoms with E-state index < -0.39 is 9.71 Å². The predicted molar refractivity (Wildman–Crippen MR) is 196 cm³/mol.